The lowest BCUT2D eigenvalue weighted by Crippen LogP contribution is -2.30. The fourth-order valence-corrected chi connectivity index (χ4v) is 4.22. The lowest BCUT2D eigenvalue weighted by Gasteiger charge is -2.11. The number of nitrogens with two attached hydrogens (primary N) is 2. The standard InChI is InChI=1S/C12H17F2N5O.C10H13F2N5O3/c1-3-7-5(2)8(13)9(20-7)6-4-17-11(18-6)10(15)19-12(14)16;11-5-6(19)4(2-18)20-7(5)3-1-15-9(16-3)8(13)17-10(12)14/h4-5,7-9H,3H2,1-2H3,(H,17,18)(H3,15,16,19);1,4-7,18-19H,2H2,(H,15,16)(H3,13,14,17)/t5-,7-,8-,9+;4-,5-,6-,7+/m11/s1. The van der Waals surface area contributed by atoms with Gasteiger partial charge in [-0.25, -0.2) is 18.7 Å². The number of alkyl halides is 2. The molecule has 10 N–H and O–H groups in total. The van der Waals surface area contributed by atoms with E-state index >= 15 is 0 Å². The summed E-state index contributed by atoms with van der Waals surface area (Å²) in [7, 11) is 0. The molecule has 2 fully saturated rings. The second-order valence-electron chi connectivity index (χ2n) is 8.96. The van der Waals surface area contributed by atoms with Gasteiger partial charge in [-0.3, -0.25) is 10.8 Å². The van der Waals surface area contributed by atoms with Crippen molar-refractivity contribution in [3.05, 3.63) is 35.4 Å². The average molecular weight is 575 g/mol. The third kappa shape index (κ3) is 6.87. The molecule has 2 aliphatic heterocycles. The maximum absolute atomic E-state index is 14.2. The Morgan fingerprint density at radius 2 is 1.40 bits per heavy atom. The van der Waals surface area contributed by atoms with Crippen LogP contribution < -0.4 is 11.5 Å². The summed E-state index contributed by atoms with van der Waals surface area (Å²) in [5, 5.41) is 33.3. The van der Waals surface area contributed by atoms with E-state index in [0.717, 1.165) is 6.42 Å². The third-order valence-corrected chi connectivity index (χ3v) is 6.29. The minimum absolute atomic E-state index is 0.0176. The molecule has 0 bridgehead atoms. The van der Waals surface area contributed by atoms with Gasteiger partial charge in [0, 0.05) is 5.92 Å². The maximum Gasteiger partial charge on any atom is 0.281 e. The number of rotatable bonds is 6. The van der Waals surface area contributed by atoms with Gasteiger partial charge < -0.3 is 41.1 Å². The first-order chi connectivity index (χ1) is 18.9. The Morgan fingerprint density at radius 3 is 1.77 bits per heavy atom. The first-order valence-electron chi connectivity index (χ1n) is 12.0. The molecule has 0 radical (unpaired) electrons. The highest BCUT2D eigenvalue weighted by molar-refractivity contribution is 6.00. The van der Waals surface area contributed by atoms with Crippen LogP contribution in [0.25, 0.3) is 0 Å². The number of halogens is 4. The second-order valence-corrected chi connectivity index (χ2v) is 8.96. The number of nitrogens with zero attached hydrogens (tertiary/aromatic N) is 4. The molecule has 0 unspecified atom stereocenters. The minimum atomic E-state index is -1.76. The van der Waals surface area contributed by atoms with Crippen molar-refractivity contribution in [1.29, 1.82) is 10.8 Å². The van der Waals surface area contributed by atoms with Gasteiger partial charge in [0.2, 0.25) is 0 Å². The number of imidazole rings is 2. The van der Waals surface area contributed by atoms with Gasteiger partial charge in [-0.1, -0.05) is 13.8 Å². The predicted molar refractivity (Wildman–Crippen MR) is 134 cm³/mol. The van der Waals surface area contributed by atoms with E-state index in [9.17, 15) is 22.7 Å². The van der Waals surface area contributed by atoms with Crippen molar-refractivity contribution in [2.45, 2.75) is 63.1 Å². The van der Waals surface area contributed by atoms with Crippen LogP contribution in [0.3, 0.4) is 0 Å². The lowest BCUT2D eigenvalue weighted by molar-refractivity contribution is -0.0235. The Hall–Kier alpha value is -3.74. The van der Waals surface area contributed by atoms with Gasteiger partial charge >= 0.3 is 0 Å². The first kappa shape index (κ1) is 30.8. The van der Waals surface area contributed by atoms with Gasteiger partial charge in [0.05, 0.1) is 36.5 Å². The summed E-state index contributed by atoms with van der Waals surface area (Å²) in [4.78, 5) is 19.0. The van der Waals surface area contributed by atoms with Crippen LogP contribution in [0.15, 0.2) is 22.4 Å². The number of amidine groups is 4. The third-order valence-electron chi connectivity index (χ3n) is 6.29. The van der Waals surface area contributed by atoms with Crippen molar-refractivity contribution in [3.8, 4) is 0 Å². The Labute approximate surface area is 224 Å². The zero-order valence-corrected chi connectivity index (χ0v) is 21.4. The van der Waals surface area contributed by atoms with Crippen LogP contribution in [0.4, 0.5) is 17.6 Å². The van der Waals surface area contributed by atoms with Gasteiger partial charge in [-0.05, 0) is 6.42 Å². The lowest BCUT2D eigenvalue weighted by atomic mass is 9.97. The van der Waals surface area contributed by atoms with E-state index in [0.29, 0.717) is 5.69 Å². The molecule has 0 aromatic carbocycles. The summed E-state index contributed by atoms with van der Waals surface area (Å²) in [6.07, 6.45) is -6.75. The molecule has 0 aliphatic carbocycles. The Balaban J connectivity index is 0.000000220. The SMILES string of the molecule is CC[C@H]1O[C@@H](c2cnc(C(=N)N=C(N)F)[nH]2)[C@H](F)[C@@H]1C.N=C(N=C(N)F)c1ncc([C@@H]2O[C@H](CO)[C@@H](O)[C@H]2F)[nH]1. The summed E-state index contributed by atoms with van der Waals surface area (Å²) in [5.41, 5.74) is 9.99. The van der Waals surface area contributed by atoms with Crippen LogP contribution in [-0.2, 0) is 9.47 Å². The molecule has 220 valence electrons. The van der Waals surface area contributed by atoms with Crippen LogP contribution in [0.2, 0.25) is 0 Å². The smallest absolute Gasteiger partial charge is 0.281 e. The average Bonchev–Trinajstić information content (AvgIpc) is 3.68. The van der Waals surface area contributed by atoms with Gasteiger partial charge in [0.1, 0.15) is 30.6 Å². The number of H-pyrrole nitrogens is 2. The second kappa shape index (κ2) is 13.1. The molecule has 4 heterocycles. The van der Waals surface area contributed by atoms with Crippen molar-refractivity contribution >= 4 is 23.9 Å². The maximum atomic E-state index is 14.2. The van der Waals surface area contributed by atoms with Crippen LogP contribution in [-0.4, -0.2) is 91.3 Å². The van der Waals surface area contributed by atoms with Crippen molar-refractivity contribution in [2.75, 3.05) is 6.61 Å². The highest BCUT2D eigenvalue weighted by Crippen LogP contribution is 2.40. The molecule has 0 saturated carbocycles. The van der Waals surface area contributed by atoms with E-state index in [2.05, 4.69) is 29.9 Å². The molecule has 2 saturated heterocycles. The van der Waals surface area contributed by atoms with E-state index in [1.165, 1.54) is 12.4 Å². The summed E-state index contributed by atoms with van der Waals surface area (Å²) < 4.78 is 63.6. The Bertz CT molecular complexity index is 1150. The van der Waals surface area contributed by atoms with Crippen LogP contribution >= 0.6 is 0 Å². The molecular formula is C22H30F4N10O4. The molecule has 40 heavy (non-hydrogen) atoms. The minimum Gasteiger partial charge on any atom is -0.394 e. The Kier molecular flexibility index (Phi) is 10.1. The van der Waals surface area contributed by atoms with Crippen molar-refractivity contribution in [2.24, 2.45) is 27.4 Å². The molecular weight excluding hydrogens is 544 g/mol. The van der Waals surface area contributed by atoms with Crippen molar-refractivity contribution in [3.63, 3.8) is 0 Å². The number of aliphatic hydroxyl groups is 2. The van der Waals surface area contributed by atoms with E-state index < -0.39 is 67.2 Å². The summed E-state index contributed by atoms with van der Waals surface area (Å²) in [5.74, 6) is -1.34. The van der Waals surface area contributed by atoms with Crippen molar-refractivity contribution in [1.82, 2.24) is 19.9 Å². The topological polar surface area (TPSA) is 241 Å². The zero-order chi connectivity index (χ0) is 29.7. The van der Waals surface area contributed by atoms with Gasteiger partial charge in [-0.2, -0.15) is 18.8 Å². The quantitative estimate of drug-likeness (QED) is 0.107. The van der Waals surface area contributed by atoms with E-state index in [4.69, 9.17) is 36.9 Å². The molecule has 0 spiro atoms. The molecule has 2 aliphatic rings. The highest BCUT2D eigenvalue weighted by Gasteiger charge is 2.45. The van der Waals surface area contributed by atoms with Gasteiger partial charge in [0.15, 0.2) is 29.5 Å². The molecule has 2 aromatic rings. The van der Waals surface area contributed by atoms with E-state index in [1.807, 2.05) is 6.92 Å². The van der Waals surface area contributed by atoms with E-state index in [-0.39, 0.29) is 29.4 Å². The molecule has 18 heteroatoms. The largest absolute Gasteiger partial charge is 0.394 e. The van der Waals surface area contributed by atoms with Crippen LogP contribution in [0.1, 0.15) is 55.5 Å². The monoisotopic (exact) mass is 574 g/mol. The summed E-state index contributed by atoms with van der Waals surface area (Å²) >= 11 is 0. The fraction of sp³-hybridized carbons (Fsp3) is 0.545. The number of aromatic nitrogens is 4. The molecule has 2 aromatic heterocycles. The number of aromatic amines is 2. The molecule has 8 atom stereocenters. The van der Waals surface area contributed by atoms with Crippen LogP contribution in [0, 0.1) is 16.7 Å². The zero-order valence-electron chi connectivity index (χ0n) is 21.4. The summed E-state index contributed by atoms with van der Waals surface area (Å²) in [6, 6.07) is 0. The number of hydrogen-bond acceptors (Lipinski definition) is 8. The highest BCUT2D eigenvalue weighted by atomic mass is 19.1. The number of aliphatic imine (C=N–C) groups is 2. The Morgan fingerprint density at radius 1 is 0.950 bits per heavy atom. The molecule has 0 amide bonds. The van der Waals surface area contributed by atoms with E-state index in [1.54, 1.807) is 6.92 Å². The number of nitrogens with one attached hydrogen (secondary N) is 4. The molecule has 4 rings (SSSR count). The number of aliphatic hydroxyl groups excluding tert-OH is 2. The number of hydrogen-bond donors (Lipinski definition) is 8. The fourth-order valence-electron chi connectivity index (χ4n) is 4.22. The van der Waals surface area contributed by atoms with Crippen LogP contribution in [0.5, 0.6) is 0 Å². The normalized spacial score (nSPS) is 30.7. The predicted octanol–water partition coefficient (Wildman–Crippen LogP) is 0.994. The molecule has 14 nitrogen and oxygen atoms in total. The van der Waals surface area contributed by atoms with Gasteiger partial charge in [-0.15, -0.1) is 0 Å². The van der Waals surface area contributed by atoms with Crippen molar-refractivity contribution < 1.29 is 37.2 Å². The first-order valence-corrected chi connectivity index (χ1v) is 12.0. The number of ether oxygens (including phenoxy) is 2. The van der Waals surface area contributed by atoms with Gasteiger partial charge in [0.25, 0.3) is 12.2 Å². The summed E-state index contributed by atoms with van der Waals surface area (Å²) in [6.45, 7) is 3.20.